The van der Waals surface area contributed by atoms with Crippen LogP contribution in [-0.2, 0) is 15.3 Å². The van der Waals surface area contributed by atoms with Crippen LogP contribution in [-0.4, -0.2) is 24.7 Å². The first-order chi connectivity index (χ1) is 8.04. The summed E-state index contributed by atoms with van der Waals surface area (Å²) in [5.41, 5.74) is 12.6. The number of anilines is 1. The van der Waals surface area contributed by atoms with Crippen LogP contribution in [0.5, 0.6) is 0 Å². The molecule has 1 rings (SSSR count). The normalized spacial score (nSPS) is 9.94. The third-order valence-electron chi connectivity index (χ3n) is 2.14. The third-order valence-corrected chi connectivity index (χ3v) is 3.09. The van der Waals surface area contributed by atoms with Crippen molar-refractivity contribution in [2.24, 2.45) is 5.73 Å². The van der Waals surface area contributed by atoms with Crippen LogP contribution < -0.4 is 11.5 Å². The summed E-state index contributed by atoms with van der Waals surface area (Å²) in [6.45, 7) is 0. The van der Waals surface area contributed by atoms with Gasteiger partial charge >= 0.3 is 5.97 Å². The molecule has 0 radical (unpaired) electrons. The van der Waals surface area contributed by atoms with Crippen molar-refractivity contribution in [2.75, 3.05) is 18.6 Å². The highest BCUT2D eigenvalue weighted by Crippen LogP contribution is 2.20. The average Bonchev–Trinajstić information content (AvgIpc) is 2.30. The minimum absolute atomic E-state index is 0.271. The van der Waals surface area contributed by atoms with E-state index in [1.54, 1.807) is 12.1 Å². The summed E-state index contributed by atoms with van der Waals surface area (Å²) < 4.78 is 4.52. The topological polar surface area (TPSA) is 95.4 Å². The summed E-state index contributed by atoms with van der Waals surface area (Å²) in [5.74, 6) is 0.0702. The minimum atomic E-state index is -0.509. The molecule has 0 aliphatic carbocycles. The number of ether oxygens (including phenoxy) is 1. The monoisotopic (exact) mass is 254 g/mol. The van der Waals surface area contributed by atoms with Crippen molar-refractivity contribution in [3.63, 3.8) is 0 Å². The Kier molecular flexibility index (Phi) is 4.84. The number of primary amides is 1. The van der Waals surface area contributed by atoms with Gasteiger partial charge in [-0.2, -0.15) is 0 Å². The molecule has 17 heavy (non-hydrogen) atoms. The molecular formula is C11H14N2O3S. The highest BCUT2D eigenvalue weighted by atomic mass is 32.2. The zero-order valence-corrected chi connectivity index (χ0v) is 10.3. The third kappa shape index (κ3) is 3.99. The molecule has 0 saturated carbocycles. The SMILES string of the molecule is COC(=O)CSCc1ccc(C(N)=O)cc1N. The van der Waals surface area contributed by atoms with E-state index in [0.717, 1.165) is 5.56 Å². The van der Waals surface area contributed by atoms with Crippen LogP contribution in [0.4, 0.5) is 5.69 Å². The molecule has 6 heteroatoms. The number of methoxy groups -OCH3 is 1. The second-order valence-electron chi connectivity index (χ2n) is 3.35. The lowest BCUT2D eigenvalue weighted by molar-refractivity contribution is -0.137. The first kappa shape index (κ1) is 13.4. The molecule has 0 spiro atoms. The molecule has 4 N–H and O–H groups in total. The number of carbonyl (C=O) groups excluding carboxylic acids is 2. The predicted octanol–water partition coefficient (Wildman–Crippen LogP) is 0.774. The number of benzene rings is 1. The Balaban J connectivity index is 2.60. The van der Waals surface area contributed by atoms with E-state index in [0.29, 0.717) is 17.0 Å². The number of amides is 1. The van der Waals surface area contributed by atoms with Crippen molar-refractivity contribution in [2.45, 2.75) is 5.75 Å². The van der Waals surface area contributed by atoms with Gasteiger partial charge in [-0.1, -0.05) is 6.07 Å². The van der Waals surface area contributed by atoms with Gasteiger partial charge in [0.2, 0.25) is 5.91 Å². The fraction of sp³-hybridized carbons (Fsp3) is 0.273. The minimum Gasteiger partial charge on any atom is -0.468 e. The van der Waals surface area contributed by atoms with Crippen molar-refractivity contribution in [3.8, 4) is 0 Å². The molecule has 0 aromatic heterocycles. The lowest BCUT2D eigenvalue weighted by Gasteiger charge is -2.06. The van der Waals surface area contributed by atoms with Crippen LogP contribution >= 0.6 is 11.8 Å². The molecule has 0 aliphatic rings. The van der Waals surface area contributed by atoms with Gasteiger partial charge in [-0.25, -0.2) is 0 Å². The van der Waals surface area contributed by atoms with E-state index in [1.807, 2.05) is 0 Å². The molecule has 5 nitrogen and oxygen atoms in total. The van der Waals surface area contributed by atoms with Crippen molar-refractivity contribution >= 4 is 29.3 Å². The Morgan fingerprint density at radius 1 is 1.41 bits per heavy atom. The molecule has 92 valence electrons. The average molecular weight is 254 g/mol. The van der Waals surface area contributed by atoms with Gasteiger partial charge in [0.15, 0.2) is 0 Å². The Morgan fingerprint density at radius 3 is 2.65 bits per heavy atom. The second-order valence-corrected chi connectivity index (χ2v) is 4.33. The summed E-state index contributed by atoms with van der Waals surface area (Å²) in [7, 11) is 1.35. The molecule has 0 unspecified atom stereocenters. The molecular weight excluding hydrogens is 240 g/mol. The standard InChI is InChI=1S/C11H14N2O3S/c1-16-10(14)6-17-5-8-3-2-7(11(13)15)4-9(8)12/h2-4H,5-6,12H2,1H3,(H2,13,15). The van der Waals surface area contributed by atoms with Gasteiger partial charge in [0.05, 0.1) is 12.9 Å². The van der Waals surface area contributed by atoms with E-state index >= 15 is 0 Å². The maximum absolute atomic E-state index is 10.9. The molecule has 0 saturated heterocycles. The highest BCUT2D eigenvalue weighted by molar-refractivity contribution is 7.99. The molecule has 1 aromatic carbocycles. The van der Waals surface area contributed by atoms with Crippen molar-refractivity contribution in [1.82, 2.24) is 0 Å². The largest absolute Gasteiger partial charge is 0.468 e. The van der Waals surface area contributed by atoms with Crippen LogP contribution in [0.3, 0.4) is 0 Å². The summed E-state index contributed by atoms with van der Waals surface area (Å²) in [6, 6.07) is 4.89. The van der Waals surface area contributed by atoms with E-state index in [9.17, 15) is 9.59 Å². The van der Waals surface area contributed by atoms with Crippen LogP contribution in [0, 0.1) is 0 Å². The van der Waals surface area contributed by atoms with Gasteiger partial charge in [-0.3, -0.25) is 9.59 Å². The maximum Gasteiger partial charge on any atom is 0.315 e. The molecule has 1 aromatic rings. The number of hydrogen-bond acceptors (Lipinski definition) is 5. The van der Waals surface area contributed by atoms with E-state index in [4.69, 9.17) is 11.5 Å². The van der Waals surface area contributed by atoms with Gasteiger partial charge in [-0.05, 0) is 17.7 Å². The molecule has 0 fully saturated rings. The van der Waals surface area contributed by atoms with E-state index in [1.165, 1.54) is 24.9 Å². The van der Waals surface area contributed by atoms with Crippen LogP contribution in [0.2, 0.25) is 0 Å². The summed E-state index contributed by atoms with van der Waals surface area (Å²) in [5, 5.41) is 0. The van der Waals surface area contributed by atoms with Crippen LogP contribution in [0.15, 0.2) is 18.2 Å². The smallest absolute Gasteiger partial charge is 0.315 e. The summed E-state index contributed by atoms with van der Waals surface area (Å²) in [4.78, 5) is 21.8. The van der Waals surface area contributed by atoms with Gasteiger partial charge in [0.25, 0.3) is 0 Å². The van der Waals surface area contributed by atoms with Crippen molar-refractivity contribution in [3.05, 3.63) is 29.3 Å². The van der Waals surface area contributed by atoms with Gasteiger partial charge in [0.1, 0.15) is 0 Å². The number of hydrogen-bond donors (Lipinski definition) is 2. The predicted molar refractivity (Wildman–Crippen MR) is 67.6 cm³/mol. The van der Waals surface area contributed by atoms with Gasteiger partial charge in [-0.15, -0.1) is 11.8 Å². The molecule has 0 heterocycles. The van der Waals surface area contributed by atoms with E-state index in [2.05, 4.69) is 4.74 Å². The van der Waals surface area contributed by atoms with Crippen molar-refractivity contribution < 1.29 is 14.3 Å². The Labute approximate surface area is 103 Å². The second kappa shape index (κ2) is 6.15. The number of esters is 1. The Morgan fingerprint density at radius 2 is 2.12 bits per heavy atom. The van der Waals surface area contributed by atoms with Crippen LogP contribution in [0.1, 0.15) is 15.9 Å². The molecule has 0 aliphatic heterocycles. The lowest BCUT2D eigenvalue weighted by Crippen LogP contribution is -2.11. The Bertz CT molecular complexity index is 435. The summed E-state index contributed by atoms with van der Waals surface area (Å²) in [6.07, 6.45) is 0. The number of nitrogen functional groups attached to an aromatic ring is 1. The first-order valence-corrected chi connectivity index (χ1v) is 6.03. The fourth-order valence-corrected chi connectivity index (χ4v) is 2.05. The molecule has 1 amide bonds. The maximum atomic E-state index is 10.9. The highest BCUT2D eigenvalue weighted by Gasteiger charge is 2.06. The zero-order chi connectivity index (χ0) is 12.8. The van der Waals surface area contributed by atoms with Crippen LogP contribution in [0.25, 0.3) is 0 Å². The van der Waals surface area contributed by atoms with Gasteiger partial charge in [0, 0.05) is 17.0 Å². The Hall–Kier alpha value is -1.69. The van der Waals surface area contributed by atoms with E-state index in [-0.39, 0.29) is 11.7 Å². The van der Waals surface area contributed by atoms with E-state index < -0.39 is 5.91 Å². The van der Waals surface area contributed by atoms with Gasteiger partial charge < -0.3 is 16.2 Å². The number of carbonyl (C=O) groups is 2. The number of nitrogens with two attached hydrogens (primary N) is 2. The summed E-state index contributed by atoms with van der Waals surface area (Å²) >= 11 is 1.40. The fourth-order valence-electron chi connectivity index (χ4n) is 1.18. The zero-order valence-electron chi connectivity index (χ0n) is 9.43. The quantitative estimate of drug-likeness (QED) is 0.598. The number of thioether (sulfide) groups is 1. The molecule has 0 atom stereocenters. The lowest BCUT2D eigenvalue weighted by atomic mass is 10.1. The molecule has 0 bridgehead atoms. The van der Waals surface area contributed by atoms with Crippen molar-refractivity contribution in [1.29, 1.82) is 0 Å². The number of rotatable bonds is 5. The first-order valence-electron chi connectivity index (χ1n) is 4.87.